The number of aromatic hydroxyl groups is 1. The first-order chi connectivity index (χ1) is 11.0. The number of hydrogen-bond acceptors (Lipinski definition) is 6. The lowest BCUT2D eigenvalue weighted by Gasteiger charge is -2.04. The monoisotopic (exact) mass is 308 g/mol. The fourth-order valence-electron chi connectivity index (χ4n) is 2.13. The summed E-state index contributed by atoms with van der Waals surface area (Å²) in [4.78, 5) is 14.4. The van der Waals surface area contributed by atoms with Crippen LogP contribution in [-0.2, 0) is 0 Å². The van der Waals surface area contributed by atoms with Crippen LogP contribution >= 0.6 is 0 Å². The summed E-state index contributed by atoms with van der Waals surface area (Å²) >= 11 is 0. The van der Waals surface area contributed by atoms with Crippen LogP contribution < -0.4 is 0 Å². The molecule has 23 heavy (non-hydrogen) atoms. The predicted octanol–water partition coefficient (Wildman–Crippen LogP) is 4.57. The fraction of sp³-hybridized carbons (Fsp3) is 0.0625. The highest BCUT2D eigenvalue weighted by molar-refractivity contribution is 5.93. The van der Waals surface area contributed by atoms with Gasteiger partial charge in [0.05, 0.1) is 16.3 Å². The number of nitrogens with zero attached hydrogens (tertiary/aromatic N) is 4. The second-order valence-corrected chi connectivity index (χ2v) is 4.93. The number of rotatable bonds is 3. The van der Waals surface area contributed by atoms with Crippen molar-refractivity contribution in [3.05, 3.63) is 64.3 Å². The molecule has 0 aliphatic rings. The molecule has 0 atom stereocenters. The third kappa shape index (κ3) is 2.98. The van der Waals surface area contributed by atoms with Gasteiger partial charge in [0.2, 0.25) is 0 Å². The first kappa shape index (κ1) is 14.6. The molecule has 0 amide bonds. The van der Waals surface area contributed by atoms with Gasteiger partial charge < -0.3 is 5.11 Å². The van der Waals surface area contributed by atoms with Gasteiger partial charge in [-0.1, -0.05) is 0 Å². The van der Waals surface area contributed by atoms with E-state index in [2.05, 4.69) is 15.2 Å². The van der Waals surface area contributed by atoms with E-state index in [0.29, 0.717) is 22.3 Å². The van der Waals surface area contributed by atoms with Crippen molar-refractivity contribution in [2.24, 2.45) is 10.2 Å². The number of pyridine rings is 1. The smallest absolute Gasteiger partial charge is 0.269 e. The Morgan fingerprint density at radius 3 is 2.48 bits per heavy atom. The van der Waals surface area contributed by atoms with Gasteiger partial charge in [-0.2, -0.15) is 5.11 Å². The Balaban J connectivity index is 1.98. The number of nitro groups is 1. The Hall–Kier alpha value is -3.35. The molecule has 0 spiro atoms. The van der Waals surface area contributed by atoms with Crippen molar-refractivity contribution < 1.29 is 10.0 Å². The summed E-state index contributed by atoms with van der Waals surface area (Å²) in [6.45, 7) is 1.84. The Morgan fingerprint density at radius 2 is 1.78 bits per heavy atom. The van der Waals surface area contributed by atoms with Gasteiger partial charge in [-0.25, -0.2) is 4.98 Å². The van der Waals surface area contributed by atoms with Gasteiger partial charge in [-0.05, 0) is 43.3 Å². The molecule has 114 valence electrons. The van der Waals surface area contributed by atoms with Gasteiger partial charge in [0.1, 0.15) is 11.3 Å². The average Bonchev–Trinajstić information content (AvgIpc) is 2.55. The highest BCUT2D eigenvalue weighted by atomic mass is 16.6. The second kappa shape index (κ2) is 5.80. The Morgan fingerprint density at radius 1 is 1.04 bits per heavy atom. The molecule has 0 radical (unpaired) electrons. The molecule has 3 aromatic rings. The van der Waals surface area contributed by atoms with Crippen molar-refractivity contribution in [2.45, 2.75) is 6.92 Å². The number of hydrogen-bond donors (Lipinski definition) is 1. The van der Waals surface area contributed by atoms with Crippen LogP contribution in [0.3, 0.4) is 0 Å². The molecule has 0 saturated carbocycles. The van der Waals surface area contributed by atoms with Crippen LogP contribution in [-0.4, -0.2) is 15.0 Å². The Labute approximate surface area is 131 Å². The van der Waals surface area contributed by atoms with E-state index in [1.807, 2.05) is 19.1 Å². The first-order valence-corrected chi connectivity index (χ1v) is 6.80. The van der Waals surface area contributed by atoms with Crippen LogP contribution in [0.1, 0.15) is 5.69 Å². The van der Waals surface area contributed by atoms with E-state index in [4.69, 9.17) is 0 Å². The molecule has 0 bridgehead atoms. The third-order valence-electron chi connectivity index (χ3n) is 3.29. The van der Waals surface area contributed by atoms with E-state index >= 15 is 0 Å². The number of nitro benzene ring substituents is 1. The number of aromatic nitrogens is 1. The molecular weight excluding hydrogens is 296 g/mol. The van der Waals surface area contributed by atoms with Crippen molar-refractivity contribution in [1.29, 1.82) is 0 Å². The normalized spacial score (nSPS) is 11.2. The van der Waals surface area contributed by atoms with Crippen LogP contribution in [0.4, 0.5) is 17.1 Å². The van der Waals surface area contributed by atoms with Crippen LogP contribution in [0.2, 0.25) is 0 Å². The quantitative estimate of drug-likeness (QED) is 0.435. The number of benzene rings is 2. The predicted molar refractivity (Wildman–Crippen MR) is 85.4 cm³/mol. The Bertz CT molecular complexity index is 921. The maximum atomic E-state index is 10.6. The number of phenolic OH excluding ortho intramolecular Hbond substituents is 1. The molecule has 7 nitrogen and oxygen atoms in total. The van der Waals surface area contributed by atoms with Crippen molar-refractivity contribution >= 4 is 28.0 Å². The Kier molecular flexibility index (Phi) is 3.68. The lowest BCUT2D eigenvalue weighted by Crippen LogP contribution is -1.85. The maximum Gasteiger partial charge on any atom is 0.269 e. The second-order valence-electron chi connectivity index (χ2n) is 4.93. The van der Waals surface area contributed by atoms with Crippen LogP contribution in [0, 0.1) is 17.0 Å². The van der Waals surface area contributed by atoms with Crippen LogP contribution in [0.15, 0.2) is 58.8 Å². The maximum absolute atomic E-state index is 10.6. The van der Waals surface area contributed by atoms with Crippen molar-refractivity contribution in [1.82, 2.24) is 4.98 Å². The molecule has 0 unspecified atom stereocenters. The minimum Gasteiger partial charge on any atom is -0.506 e. The summed E-state index contributed by atoms with van der Waals surface area (Å²) in [5.41, 5.74) is 2.31. The molecule has 0 aliphatic carbocycles. The van der Waals surface area contributed by atoms with E-state index in [1.165, 1.54) is 30.3 Å². The number of fused-ring (bicyclic) bond motifs is 1. The largest absolute Gasteiger partial charge is 0.506 e. The summed E-state index contributed by atoms with van der Waals surface area (Å²) < 4.78 is 0. The highest BCUT2D eigenvalue weighted by Crippen LogP contribution is 2.32. The summed E-state index contributed by atoms with van der Waals surface area (Å²) in [7, 11) is 0. The fourth-order valence-corrected chi connectivity index (χ4v) is 2.13. The van der Waals surface area contributed by atoms with E-state index in [0.717, 1.165) is 5.69 Å². The topological polar surface area (TPSA) is 101 Å². The number of phenols is 1. The summed E-state index contributed by atoms with van der Waals surface area (Å²) in [5.74, 6) is 0.0815. The SMILES string of the molecule is Cc1ccc2c(N=Nc3ccc([N+](=O)[O-])cc3)ccc(O)c2n1. The molecule has 0 aliphatic heterocycles. The molecule has 1 heterocycles. The first-order valence-electron chi connectivity index (χ1n) is 6.80. The molecule has 3 rings (SSSR count). The average molecular weight is 308 g/mol. The lowest BCUT2D eigenvalue weighted by molar-refractivity contribution is -0.384. The number of aryl methyl sites for hydroxylation is 1. The summed E-state index contributed by atoms with van der Waals surface area (Å²) in [6.07, 6.45) is 0. The molecule has 7 heteroatoms. The molecular formula is C16H12N4O3. The molecule has 0 fully saturated rings. The van der Waals surface area contributed by atoms with Crippen molar-refractivity contribution in [3.8, 4) is 5.75 Å². The molecule has 1 N–H and O–H groups in total. The lowest BCUT2D eigenvalue weighted by atomic mass is 10.1. The molecule has 1 aromatic heterocycles. The third-order valence-corrected chi connectivity index (χ3v) is 3.29. The van der Waals surface area contributed by atoms with Gasteiger partial charge in [0.25, 0.3) is 5.69 Å². The van der Waals surface area contributed by atoms with Gasteiger partial charge in [0, 0.05) is 23.2 Å². The zero-order valence-corrected chi connectivity index (χ0v) is 12.2. The zero-order valence-electron chi connectivity index (χ0n) is 12.2. The number of azo groups is 1. The van der Waals surface area contributed by atoms with E-state index in [9.17, 15) is 15.2 Å². The van der Waals surface area contributed by atoms with Gasteiger partial charge in [-0.3, -0.25) is 10.1 Å². The van der Waals surface area contributed by atoms with E-state index < -0.39 is 4.92 Å². The zero-order chi connectivity index (χ0) is 16.4. The summed E-state index contributed by atoms with van der Waals surface area (Å²) in [6, 6.07) is 12.6. The van der Waals surface area contributed by atoms with Crippen LogP contribution in [0.5, 0.6) is 5.75 Å². The van der Waals surface area contributed by atoms with Gasteiger partial charge in [-0.15, -0.1) is 5.11 Å². The van der Waals surface area contributed by atoms with Gasteiger partial charge in [0.15, 0.2) is 0 Å². The standard InChI is InChI=1S/C16H12N4O3/c1-10-2-7-13-14(8-9-15(21)16(13)17-10)19-18-11-3-5-12(6-4-11)20(22)23/h2-9,21H,1H3. The van der Waals surface area contributed by atoms with Crippen molar-refractivity contribution in [3.63, 3.8) is 0 Å². The molecule has 2 aromatic carbocycles. The van der Waals surface area contributed by atoms with Crippen molar-refractivity contribution in [2.75, 3.05) is 0 Å². The number of non-ortho nitro benzene ring substituents is 1. The van der Waals surface area contributed by atoms with Crippen LogP contribution in [0.25, 0.3) is 10.9 Å². The minimum absolute atomic E-state index is 0.00120. The minimum atomic E-state index is -0.470. The van der Waals surface area contributed by atoms with E-state index in [-0.39, 0.29) is 11.4 Å². The van der Waals surface area contributed by atoms with E-state index in [1.54, 1.807) is 6.07 Å². The van der Waals surface area contributed by atoms with Gasteiger partial charge >= 0.3 is 0 Å². The summed E-state index contributed by atoms with van der Waals surface area (Å²) in [5, 5.41) is 29.4. The highest BCUT2D eigenvalue weighted by Gasteiger charge is 2.07. The molecule has 0 saturated heterocycles.